The quantitative estimate of drug-likeness (QED) is 0.110. The van der Waals surface area contributed by atoms with E-state index < -0.39 is 143 Å². The third-order valence-electron chi connectivity index (χ3n) is 8.25. The van der Waals surface area contributed by atoms with Gasteiger partial charge in [0.05, 0.1) is 32.0 Å². The van der Waals surface area contributed by atoms with E-state index in [0.717, 1.165) is 0 Å². The average Bonchev–Trinajstić information content (AvgIpc) is 3.00. The molecule has 44 heavy (non-hydrogen) atoms. The average molecular weight is 650 g/mol. The van der Waals surface area contributed by atoms with Gasteiger partial charge in [-0.1, -0.05) is 0 Å². The summed E-state index contributed by atoms with van der Waals surface area (Å²) in [6, 6.07) is -1.53. The number of nitrogens with two attached hydrogens (primary N) is 1. The van der Waals surface area contributed by atoms with Gasteiger partial charge in [-0.25, -0.2) is 0 Å². The molecule has 0 aromatic rings. The van der Waals surface area contributed by atoms with E-state index >= 15 is 0 Å². The van der Waals surface area contributed by atoms with Gasteiger partial charge in [-0.15, -0.1) is 0 Å². The van der Waals surface area contributed by atoms with Crippen molar-refractivity contribution in [2.75, 3.05) is 19.8 Å². The van der Waals surface area contributed by atoms with Crippen molar-refractivity contribution in [3.05, 3.63) is 0 Å². The van der Waals surface area contributed by atoms with Gasteiger partial charge in [0.25, 0.3) is 0 Å². The molecule has 4 heterocycles. The summed E-state index contributed by atoms with van der Waals surface area (Å²) in [7, 11) is 0. The van der Waals surface area contributed by atoms with Gasteiger partial charge in [0.15, 0.2) is 25.2 Å². The monoisotopic (exact) mass is 649 g/mol. The molecule has 20 heteroatoms. The molecule has 4 saturated heterocycles. The first-order chi connectivity index (χ1) is 20.7. The Balaban J connectivity index is 1.57. The predicted molar refractivity (Wildman–Crippen MR) is 134 cm³/mol. The van der Waals surface area contributed by atoms with Crippen LogP contribution in [-0.2, 0) is 33.2 Å². The molecule has 0 radical (unpaired) electrons. The molecule has 0 aliphatic carbocycles. The maximum absolute atomic E-state index is 10.9. The fraction of sp³-hybridized carbons (Fsp3) is 1.00. The van der Waals surface area contributed by atoms with Gasteiger partial charge >= 0.3 is 0 Å². The van der Waals surface area contributed by atoms with E-state index in [2.05, 4.69) is 0 Å². The second kappa shape index (κ2) is 15.0. The molecule has 4 aliphatic heterocycles. The molecule has 258 valence electrons. The summed E-state index contributed by atoms with van der Waals surface area (Å²) in [4.78, 5) is 0. The zero-order chi connectivity index (χ0) is 32.6. The second-order valence-electron chi connectivity index (χ2n) is 11.2. The molecule has 0 amide bonds. The van der Waals surface area contributed by atoms with Crippen molar-refractivity contribution in [2.45, 2.75) is 130 Å². The molecule has 0 aromatic carbocycles. The van der Waals surface area contributed by atoms with Crippen LogP contribution in [0.4, 0.5) is 0 Å². The lowest BCUT2D eigenvalue weighted by Gasteiger charge is -2.49. The lowest BCUT2D eigenvalue weighted by atomic mass is 9.95. The van der Waals surface area contributed by atoms with Crippen molar-refractivity contribution < 1.29 is 94.4 Å². The smallest absolute Gasteiger partial charge is 0.187 e. The first-order valence-electron chi connectivity index (χ1n) is 14.0. The van der Waals surface area contributed by atoms with Gasteiger partial charge in [-0.2, -0.15) is 0 Å². The van der Waals surface area contributed by atoms with Gasteiger partial charge in [-0.05, 0) is 6.92 Å². The Morgan fingerprint density at radius 3 is 1.59 bits per heavy atom. The van der Waals surface area contributed by atoms with Crippen LogP contribution in [0.15, 0.2) is 0 Å². The summed E-state index contributed by atoms with van der Waals surface area (Å²) in [5, 5.41) is 123. The highest BCUT2D eigenvalue weighted by Crippen LogP contribution is 2.34. The van der Waals surface area contributed by atoms with Gasteiger partial charge in [0.2, 0.25) is 0 Å². The second-order valence-corrected chi connectivity index (χ2v) is 11.2. The molecule has 20 nitrogen and oxygen atoms in total. The van der Waals surface area contributed by atoms with Crippen LogP contribution in [-0.4, -0.2) is 204 Å². The highest BCUT2D eigenvalue weighted by Gasteiger charge is 2.55. The Morgan fingerprint density at radius 2 is 0.977 bits per heavy atom. The van der Waals surface area contributed by atoms with Crippen LogP contribution in [0.25, 0.3) is 0 Å². The molecule has 0 spiro atoms. The Morgan fingerprint density at radius 1 is 0.477 bits per heavy atom. The molecule has 14 N–H and O–H groups in total. The molecule has 20 atom stereocenters. The SMILES string of the molecule is CC1O[C@@H](OC2C(O)[C@@H](O)C(CO)O[C@H]2OC2C(N)[C@H](OC3C(O)[C@H](O)OC(CO)[C@@H]3O)OC(CO)[C@@H]2O)C(O)C(O)[C@@H]1O. The standard InChI is InChI=1S/C24H43NO19/c1-5-10(29)14(33)16(35)23(38-5)44-20-15(34)11(30)6(2-26)41-24(20)42-18-9(25)22(40-8(4-28)12(18)31)43-19-13(32)7(3-27)39-21(37)17(19)36/h5-24,26-37H,2-4,25H2,1H3/t5?,6?,7?,8?,9?,10-,11+,12+,13+,14?,15?,16?,17?,18?,19?,20?,21-,22+,23+,24+/m1/s1. The highest BCUT2D eigenvalue weighted by molar-refractivity contribution is 4.98. The van der Waals surface area contributed by atoms with E-state index in [1.54, 1.807) is 0 Å². The normalized spacial score (nSPS) is 53.9. The van der Waals surface area contributed by atoms with Gasteiger partial charge < -0.3 is 100 Å². The topological polar surface area (TPSA) is 333 Å². The van der Waals surface area contributed by atoms with Crippen LogP contribution >= 0.6 is 0 Å². The number of aliphatic hydroxyl groups is 12. The highest BCUT2D eigenvalue weighted by atomic mass is 16.8. The minimum absolute atomic E-state index is 0.763. The molecule has 0 bridgehead atoms. The Bertz CT molecular complexity index is 908. The van der Waals surface area contributed by atoms with E-state index in [1.165, 1.54) is 6.92 Å². The van der Waals surface area contributed by atoms with Crippen LogP contribution < -0.4 is 5.73 Å². The van der Waals surface area contributed by atoms with Crippen molar-refractivity contribution in [3.8, 4) is 0 Å². The predicted octanol–water partition coefficient (Wildman–Crippen LogP) is -8.75. The zero-order valence-corrected chi connectivity index (χ0v) is 23.5. The van der Waals surface area contributed by atoms with Crippen molar-refractivity contribution in [2.24, 2.45) is 5.73 Å². The van der Waals surface area contributed by atoms with E-state index in [4.69, 9.17) is 38.9 Å². The van der Waals surface area contributed by atoms with Crippen LogP contribution in [0, 0.1) is 0 Å². The molecule has 4 rings (SSSR count). The number of hydrogen-bond donors (Lipinski definition) is 13. The third kappa shape index (κ3) is 7.05. The lowest BCUT2D eigenvalue weighted by molar-refractivity contribution is -0.384. The van der Waals surface area contributed by atoms with E-state index in [1.807, 2.05) is 0 Å². The first kappa shape index (κ1) is 36.0. The Kier molecular flexibility index (Phi) is 12.3. The summed E-state index contributed by atoms with van der Waals surface area (Å²) < 4.78 is 38.6. The van der Waals surface area contributed by atoms with E-state index in [9.17, 15) is 61.3 Å². The van der Waals surface area contributed by atoms with Crippen LogP contribution in [0.5, 0.6) is 0 Å². The van der Waals surface area contributed by atoms with Crippen molar-refractivity contribution in [3.63, 3.8) is 0 Å². The zero-order valence-electron chi connectivity index (χ0n) is 23.5. The summed E-state index contributed by atoms with van der Waals surface area (Å²) in [5.41, 5.74) is 6.28. The van der Waals surface area contributed by atoms with Crippen LogP contribution in [0.3, 0.4) is 0 Å². The summed E-state index contributed by atoms with van der Waals surface area (Å²) in [5.74, 6) is 0. The molecule has 0 saturated carbocycles. The van der Waals surface area contributed by atoms with Gasteiger partial charge in [0.1, 0.15) is 85.5 Å². The van der Waals surface area contributed by atoms with Crippen LogP contribution in [0.2, 0.25) is 0 Å². The minimum atomic E-state index is -1.89. The lowest BCUT2D eigenvalue weighted by Crippen LogP contribution is -2.69. The van der Waals surface area contributed by atoms with Crippen molar-refractivity contribution in [1.82, 2.24) is 0 Å². The van der Waals surface area contributed by atoms with E-state index in [0.29, 0.717) is 0 Å². The molecular weight excluding hydrogens is 606 g/mol. The molecule has 4 aliphatic rings. The molecule has 0 aromatic heterocycles. The Hall–Kier alpha value is -0.800. The Labute approximate surface area is 250 Å². The summed E-state index contributed by atoms with van der Waals surface area (Å²) in [6.45, 7) is -1.05. The first-order valence-corrected chi connectivity index (χ1v) is 14.0. The third-order valence-corrected chi connectivity index (χ3v) is 8.25. The summed E-state index contributed by atoms with van der Waals surface area (Å²) >= 11 is 0. The van der Waals surface area contributed by atoms with Crippen LogP contribution in [0.1, 0.15) is 6.92 Å². The maximum atomic E-state index is 10.9. The number of ether oxygens (including phenoxy) is 7. The number of hydrogen-bond acceptors (Lipinski definition) is 20. The molecular formula is C24H43NO19. The number of aliphatic hydroxyl groups excluding tert-OH is 12. The number of rotatable bonds is 9. The van der Waals surface area contributed by atoms with Crippen molar-refractivity contribution in [1.29, 1.82) is 0 Å². The minimum Gasteiger partial charge on any atom is -0.394 e. The van der Waals surface area contributed by atoms with Gasteiger partial charge in [-0.3, -0.25) is 0 Å². The molecule has 12 unspecified atom stereocenters. The fourth-order valence-electron chi connectivity index (χ4n) is 5.51. The van der Waals surface area contributed by atoms with Gasteiger partial charge in [0, 0.05) is 0 Å². The van der Waals surface area contributed by atoms with Crippen molar-refractivity contribution >= 4 is 0 Å². The molecule has 4 fully saturated rings. The van der Waals surface area contributed by atoms with E-state index in [-0.39, 0.29) is 0 Å². The summed E-state index contributed by atoms with van der Waals surface area (Å²) in [6.07, 6.45) is -31.5. The largest absolute Gasteiger partial charge is 0.394 e. The maximum Gasteiger partial charge on any atom is 0.187 e. The fourth-order valence-corrected chi connectivity index (χ4v) is 5.51.